The smallest absolute Gasteiger partial charge is 0.241 e. The molecule has 1 unspecified atom stereocenters. The van der Waals surface area contributed by atoms with Crippen molar-refractivity contribution in [2.75, 3.05) is 13.1 Å². The van der Waals surface area contributed by atoms with Crippen molar-refractivity contribution < 1.29 is 4.52 Å². The summed E-state index contributed by atoms with van der Waals surface area (Å²) in [7, 11) is 0. The van der Waals surface area contributed by atoms with E-state index in [2.05, 4.69) is 26.9 Å². The van der Waals surface area contributed by atoms with E-state index in [1.54, 1.807) is 12.4 Å². The summed E-state index contributed by atoms with van der Waals surface area (Å²) in [6, 6.07) is 3.82. The fourth-order valence-corrected chi connectivity index (χ4v) is 2.75. The van der Waals surface area contributed by atoms with Crippen molar-refractivity contribution >= 4 is 0 Å². The standard InChI is InChI=1S/C15H20N4O/c1-2-12-5-4-8-19(10-12)11-14-17-15(18-20-14)13-6-3-7-16-9-13/h3,6-7,9,12H,2,4-5,8,10-11H2,1H3. The molecule has 5 nitrogen and oxygen atoms in total. The minimum Gasteiger partial charge on any atom is -0.338 e. The average Bonchev–Trinajstić information content (AvgIpc) is 2.97. The lowest BCUT2D eigenvalue weighted by Crippen LogP contribution is -2.34. The molecule has 0 bridgehead atoms. The van der Waals surface area contributed by atoms with Gasteiger partial charge in [-0.25, -0.2) is 0 Å². The summed E-state index contributed by atoms with van der Waals surface area (Å²) in [5, 5.41) is 4.04. The predicted molar refractivity (Wildman–Crippen MR) is 75.8 cm³/mol. The summed E-state index contributed by atoms with van der Waals surface area (Å²) in [5.41, 5.74) is 0.896. The van der Waals surface area contributed by atoms with Crippen LogP contribution in [0.15, 0.2) is 29.0 Å². The van der Waals surface area contributed by atoms with Crippen LogP contribution in [0.1, 0.15) is 32.1 Å². The first-order valence-corrected chi connectivity index (χ1v) is 7.30. The first-order valence-electron chi connectivity index (χ1n) is 7.30. The molecule has 1 aliphatic rings. The van der Waals surface area contributed by atoms with E-state index in [9.17, 15) is 0 Å². The molecule has 0 spiro atoms. The van der Waals surface area contributed by atoms with Gasteiger partial charge in [-0.1, -0.05) is 18.5 Å². The van der Waals surface area contributed by atoms with Gasteiger partial charge in [0.15, 0.2) is 0 Å². The molecular weight excluding hydrogens is 252 g/mol. The normalized spacial score (nSPS) is 20.1. The van der Waals surface area contributed by atoms with Crippen LogP contribution < -0.4 is 0 Å². The summed E-state index contributed by atoms with van der Waals surface area (Å²) in [4.78, 5) is 11.0. The Balaban J connectivity index is 1.65. The fourth-order valence-electron chi connectivity index (χ4n) is 2.75. The van der Waals surface area contributed by atoms with E-state index >= 15 is 0 Å². The first kappa shape index (κ1) is 13.2. The minimum atomic E-state index is 0.622. The maximum atomic E-state index is 5.36. The Morgan fingerprint density at radius 2 is 2.40 bits per heavy atom. The Kier molecular flexibility index (Phi) is 4.06. The lowest BCUT2D eigenvalue weighted by molar-refractivity contribution is 0.148. The van der Waals surface area contributed by atoms with E-state index in [1.807, 2.05) is 12.1 Å². The Labute approximate surface area is 119 Å². The lowest BCUT2D eigenvalue weighted by Gasteiger charge is -2.30. The summed E-state index contributed by atoms with van der Waals surface area (Å²) in [6.07, 6.45) is 7.35. The topological polar surface area (TPSA) is 55.1 Å². The van der Waals surface area contributed by atoms with Gasteiger partial charge in [0, 0.05) is 24.5 Å². The van der Waals surface area contributed by atoms with Gasteiger partial charge in [0.05, 0.1) is 6.54 Å². The second-order valence-electron chi connectivity index (χ2n) is 5.41. The van der Waals surface area contributed by atoms with Gasteiger partial charge < -0.3 is 4.52 Å². The molecule has 3 heterocycles. The number of nitrogens with zero attached hydrogens (tertiary/aromatic N) is 4. The van der Waals surface area contributed by atoms with Crippen LogP contribution in [0.2, 0.25) is 0 Å². The van der Waals surface area contributed by atoms with Crippen molar-refractivity contribution in [1.29, 1.82) is 0 Å². The maximum Gasteiger partial charge on any atom is 0.241 e. The Morgan fingerprint density at radius 3 is 3.20 bits per heavy atom. The highest BCUT2D eigenvalue weighted by Crippen LogP contribution is 2.21. The first-order chi connectivity index (χ1) is 9.85. The number of likely N-dealkylation sites (tertiary alicyclic amines) is 1. The van der Waals surface area contributed by atoms with E-state index in [4.69, 9.17) is 4.52 Å². The maximum absolute atomic E-state index is 5.36. The third kappa shape index (κ3) is 3.04. The second kappa shape index (κ2) is 6.13. The van der Waals surface area contributed by atoms with Crippen LogP contribution in [0.5, 0.6) is 0 Å². The number of hydrogen-bond donors (Lipinski definition) is 0. The molecule has 2 aromatic rings. The molecule has 1 saturated heterocycles. The molecule has 1 aliphatic heterocycles. The number of pyridine rings is 1. The monoisotopic (exact) mass is 272 g/mol. The van der Waals surface area contributed by atoms with Crippen molar-refractivity contribution in [1.82, 2.24) is 20.0 Å². The van der Waals surface area contributed by atoms with E-state index < -0.39 is 0 Å². The molecule has 5 heteroatoms. The Bertz CT molecular complexity index is 540. The minimum absolute atomic E-state index is 0.622. The summed E-state index contributed by atoms with van der Waals surface area (Å²) in [6.45, 7) is 5.29. The van der Waals surface area contributed by atoms with Crippen LogP contribution in [0.3, 0.4) is 0 Å². The third-order valence-electron chi connectivity index (χ3n) is 3.93. The highest BCUT2D eigenvalue weighted by atomic mass is 16.5. The van der Waals surface area contributed by atoms with Crippen molar-refractivity contribution in [3.05, 3.63) is 30.4 Å². The second-order valence-corrected chi connectivity index (χ2v) is 5.41. The molecule has 0 N–H and O–H groups in total. The van der Waals surface area contributed by atoms with Gasteiger partial charge >= 0.3 is 0 Å². The molecule has 0 radical (unpaired) electrons. The van der Waals surface area contributed by atoms with Gasteiger partial charge in [0.25, 0.3) is 0 Å². The molecule has 0 amide bonds. The van der Waals surface area contributed by atoms with Gasteiger partial charge in [0.1, 0.15) is 0 Å². The van der Waals surface area contributed by atoms with Crippen molar-refractivity contribution in [2.45, 2.75) is 32.7 Å². The van der Waals surface area contributed by atoms with Crippen molar-refractivity contribution in [2.24, 2.45) is 5.92 Å². The summed E-state index contributed by atoms with van der Waals surface area (Å²) < 4.78 is 5.36. The third-order valence-corrected chi connectivity index (χ3v) is 3.93. The zero-order valence-electron chi connectivity index (χ0n) is 11.8. The van der Waals surface area contributed by atoms with Crippen LogP contribution in [0, 0.1) is 5.92 Å². The molecular formula is C15H20N4O. The molecule has 1 fully saturated rings. The molecule has 0 saturated carbocycles. The van der Waals surface area contributed by atoms with Crippen molar-refractivity contribution in [3.63, 3.8) is 0 Å². The number of aromatic nitrogens is 3. The van der Waals surface area contributed by atoms with Crippen LogP contribution in [0.25, 0.3) is 11.4 Å². The SMILES string of the molecule is CCC1CCCN(Cc2nc(-c3cccnc3)no2)C1. The quantitative estimate of drug-likeness (QED) is 0.856. The van der Waals surface area contributed by atoms with E-state index in [1.165, 1.54) is 19.3 Å². The van der Waals surface area contributed by atoms with Crippen LogP contribution >= 0.6 is 0 Å². The van der Waals surface area contributed by atoms with Gasteiger partial charge in [-0.15, -0.1) is 0 Å². The molecule has 0 aliphatic carbocycles. The molecule has 106 valence electrons. The van der Waals surface area contributed by atoms with Gasteiger partial charge in [-0.3, -0.25) is 9.88 Å². The molecule has 20 heavy (non-hydrogen) atoms. The summed E-state index contributed by atoms with van der Waals surface area (Å²) >= 11 is 0. The highest BCUT2D eigenvalue weighted by molar-refractivity contribution is 5.51. The lowest BCUT2D eigenvalue weighted by atomic mass is 9.96. The largest absolute Gasteiger partial charge is 0.338 e. The van der Waals surface area contributed by atoms with E-state index in [0.29, 0.717) is 11.7 Å². The number of hydrogen-bond acceptors (Lipinski definition) is 5. The molecule has 0 aromatic carbocycles. The fraction of sp³-hybridized carbons (Fsp3) is 0.533. The zero-order valence-corrected chi connectivity index (χ0v) is 11.8. The molecule has 3 rings (SSSR count). The Hall–Kier alpha value is -1.75. The highest BCUT2D eigenvalue weighted by Gasteiger charge is 2.20. The van der Waals surface area contributed by atoms with E-state index in [0.717, 1.165) is 31.1 Å². The predicted octanol–water partition coefficient (Wildman–Crippen LogP) is 2.75. The summed E-state index contributed by atoms with van der Waals surface area (Å²) in [5.74, 6) is 2.13. The van der Waals surface area contributed by atoms with Gasteiger partial charge in [0.2, 0.25) is 11.7 Å². The number of rotatable bonds is 4. The zero-order chi connectivity index (χ0) is 13.8. The molecule has 2 aromatic heterocycles. The number of piperidine rings is 1. The Morgan fingerprint density at radius 1 is 1.45 bits per heavy atom. The van der Waals surface area contributed by atoms with Crippen LogP contribution in [-0.4, -0.2) is 33.1 Å². The van der Waals surface area contributed by atoms with Gasteiger partial charge in [-0.2, -0.15) is 4.98 Å². The average molecular weight is 272 g/mol. The molecule has 1 atom stereocenters. The van der Waals surface area contributed by atoms with Crippen LogP contribution in [-0.2, 0) is 6.54 Å². The van der Waals surface area contributed by atoms with E-state index in [-0.39, 0.29) is 0 Å². The van der Waals surface area contributed by atoms with Crippen molar-refractivity contribution in [3.8, 4) is 11.4 Å². The van der Waals surface area contributed by atoms with Gasteiger partial charge in [-0.05, 0) is 37.4 Å². The van der Waals surface area contributed by atoms with Crippen LogP contribution in [0.4, 0.5) is 0 Å².